The third-order valence-corrected chi connectivity index (χ3v) is 3.28. The van der Waals surface area contributed by atoms with Crippen molar-refractivity contribution in [1.29, 1.82) is 0 Å². The van der Waals surface area contributed by atoms with E-state index in [0.29, 0.717) is 6.42 Å². The number of aryl methyl sites for hydroxylation is 1. The molecule has 0 saturated carbocycles. The number of fused-ring (bicyclic) bond motifs is 1. The number of carbonyl (C=O) groups is 1. The van der Waals surface area contributed by atoms with Gasteiger partial charge in [-0.1, -0.05) is 24.3 Å². The number of hydrogen-bond acceptors (Lipinski definition) is 3. The molecule has 2 rings (SSSR count). The van der Waals surface area contributed by atoms with Crippen molar-refractivity contribution in [3.63, 3.8) is 0 Å². The van der Waals surface area contributed by atoms with Gasteiger partial charge in [-0.15, -0.1) is 0 Å². The molecule has 20 heavy (non-hydrogen) atoms. The number of rotatable bonds is 4. The Morgan fingerprint density at radius 2 is 1.85 bits per heavy atom. The molecule has 106 valence electrons. The first-order valence-corrected chi connectivity index (χ1v) is 6.56. The minimum atomic E-state index is -0.746. The fraction of sp³-hybridized carbons (Fsp3) is 0.312. The van der Waals surface area contributed by atoms with Gasteiger partial charge in [0.15, 0.2) is 0 Å². The summed E-state index contributed by atoms with van der Waals surface area (Å²) in [6, 6.07) is 11.4. The van der Waals surface area contributed by atoms with Crippen LogP contribution >= 0.6 is 0 Å². The molecule has 0 fully saturated rings. The molecular weight excluding hydrogens is 254 g/mol. The monoisotopic (exact) mass is 273 g/mol. The topological polar surface area (TPSA) is 72.6 Å². The maximum Gasteiger partial charge on any atom is 0.405 e. The molecule has 0 aliphatic carbocycles. The standard InChI is InChI=1S/C16H19NO3/c1-16(2,20-15(17)19)8-7-11-3-4-13-10-14(18)6-5-12(13)9-11/h3-6,9-10,18H,7-8H2,1-2H3,(H2,17,19). The van der Waals surface area contributed by atoms with Crippen LogP contribution in [0.2, 0.25) is 0 Å². The molecule has 0 aliphatic heterocycles. The zero-order valence-corrected chi connectivity index (χ0v) is 11.7. The number of phenolic OH excluding ortho intramolecular Hbond substituents is 1. The molecule has 0 unspecified atom stereocenters. The van der Waals surface area contributed by atoms with E-state index in [0.717, 1.165) is 22.8 Å². The van der Waals surface area contributed by atoms with Crippen molar-refractivity contribution in [1.82, 2.24) is 0 Å². The van der Waals surface area contributed by atoms with Crippen molar-refractivity contribution >= 4 is 16.9 Å². The summed E-state index contributed by atoms with van der Waals surface area (Å²) in [5.74, 6) is 0.265. The van der Waals surface area contributed by atoms with Crippen LogP contribution in [-0.2, 0) is 11.2 Å². The van der Waals surface area contributed by atoms with Gasteiger partial charge in [0, 0.05) is 0 Å². The van der Waals surface area contributed by atoms with E-state index >= 15 is 0 Å². The molecule has 0 aliphatic rings. The molecule has 0 saturated heterocycles. The van der Waals surface area contributed by atoms with Gasteiger partial charge in [-0.3, -0.25) is 0 Å². The van der Waals surface area contributed by atoms with E-state index in [9.17, 15) is 9.90 Å². The third-order valence-electron chi connectivity index (χ3n) is 3.28. The molecule has 0 bridgehead atoms. The molecule has 1 amide bonds. The lowest BCUT2D eigenvalue weighted by molar-refractivity contribution is 0.0394. The van der Waals surface area contributed by atoms with Crippen molar-refractivity contribution in [2.24, 2.45) is 5.73 Å². The van der Waals surface area contributed by atoms with Gasteiger partial charge in [-0.2, -0.15) is 0 Å². The minimum Gasteiger partial charge on any atom is -0.508 e. The van der Waals surface area contributed by atoms with Gasteiger partial charge in [-0.05, 0) is 55.2 Å². The predicted molar refractivity (Wildman–Crippen MR) is 78.7 cm³/mol. The Labute approximate surface area is 118 Å². The van der Waals surface area contributed by atoms with E-state index in [2.05, 4.69) is 6.07 Å². The van der Waals surface area contributed by atoms with E-state index in [1.807, 2.05) is 32.0 Å². The molecule has 4 nitrogen and oxygen atoms in total. The smallest absolute Gasteiger partial charge is 0.405 e. The molecule has 0 spiro atoms. The summed E-state index contributed by atoms with van der Waals surface area (Å²) in [5, 5.41) is 11.5. The summed E-state index contributed by atoms with van der Waals surface area (Å²) in [4.78, 5) is 10.8. The van der Waals surface area contributed by atoms with Crippen LogP contribution in [0.5, 0.6) is 5.75 Å². The number of carbonyl (C=O) groups excluding carboxylic acids is 1. The number of hydrogen-bond donors (Lipinski definition) is 2. The summed E-state index contributed by atoms with van der Waals surface area (Å²) in [7, 11) is 0. The summed E-state index contributed by atoms with van der Waals surface area (Å²) >= 11 is 0. The van der Waals surface area contributed by atoms with Crippen molar-refractivity contribution in [2.75, 3.05) is 0 Å². The van der Waals surface area contributed by atoms with Gasteiger partial charge >= 0.3 is 6.09 Å². The average Bonchev–Trinajstić information content (AvgIpc) is 2.35. The minimum absolute atomic E-state index is 0.265. The fourth-order valence-electron chi connectivity index (χ4n) is 2.21. The number of ether oxygens (including phenoxy) is 1. The number of aromatic hydroxyl groups is 1. The van der Waals surface area contributed by atoms with Gasteiger partial charge in [-0.25, -0.2) is 4.79 Å². The highest BCUT2D eigenvalue weighted by Crippen LogP contribution is 2.23. The highest BCUT2D eigenvalue weighted by Gasteiger charge is 2.21. The molecule has 4 heteroatoms. The molecule has 2 aromatic rings. The molecular formula is C16H19NO3. The van der Waals surface area contributed by atoms with Crippen LogP contribution in [0, 0.1) is 0 Å². The first-order chi connectivity index (χ1) is 9.35. The lowest BCUT2D eigenvalue weighted by Crippen LogP contribution is -2.31. The molecule has 2 aromatic carbocycles. The van der Waals surface area contributed by atoms with Crippen molar-refractivity contribution in [2.45, 2.75) is 32.3 Å². The number of benzene rings is 2. The zero-order valence-electron chi connectivity index (χ0n) is 11.7. The average molecular weight is 273 g/mol. The Kier molecular flexibility index (Phi) is 3.84. The Balaban J connectivity index is 2.10. The molecule has 0 atom stereocenters. The van der Waals surface area contributed by atoms with Crippen LogP contribution in [-0.4, -0.2) is 16.8 Å². The largest absolute Gasteiger partial charge is 0.508 e. The van der Waals surface area contributed by atoms with E-state index in [1.54, 1.807) is 12.1 Å². The lowest BCUT2D eigenvalue weighted by atomic mass is 9.97. The Bertz CT molecular complexity index is 635. The number of nitrogens with two attached hydrogens (primary N) is 1. The van der Waals surface area contributed by atoms with Gasteiger partial charge in [0.1, 0.15) is 11.4 Å². The third kappa shape index (κ3) is 3.63. The van der Waals surface area contributed by atoms with Crippen molar-refractivity contribution in [3.05, 3.63) is 42.0 Å². The first kappa shape index (κ1) is 14.2. The van der Waals surface area contributed by atoms with Gasteiger partial charge < -0.3 is 15.6 Å². The van der Waals surface area contributed by atoms with Crippen LogP contribution in [0.1, 0.15) is 25.8 Å². The highest BCUT2D eigenvalue weighted by atomic mass is 16.6. The van der Waals surface area contributed by atoms with E-state index in [1.165, 1.54) is 0 Å². The van der Waals surface area contributed by atoms with E-state index in [-0.39, 0.29) is 5.75 Å². The second-order valence-electron chi connectivity index (χ2n) is 5.55. The van der Waals surface area contributed by atoms with Crippen molar-refractivity contribution < 1.29 is 14.6 Å². The predicted octanol–water partition coefficient (Wildman–Crippen LogP) is 3.35. The quantitative estimate of drug-likeness (QED) is 0.897. The van der Waals surface area contributed by atoms with Crippen LogP contribution < -0.4 is 5.73 Å². The summed E-state index contributed by atoms with van der Waals surface area (Å²) in [5.41, 5.74) is 5.63. The SMILES string of the molecule is CC(C)(CCc1ccc2cc(O)ccc2c1)OC(N)=O. The van der Waals surface area contributed by atoms with E-state index < -0.39 is 11.7 Å². The van der Waals surface area contributed by atoms with Gasteiger partial charge in [0.25, 0.3) is 0 Å². The number of primary amides is 1. The fourth-order valence-corrected chi connectivity index (χ4v) is 2.21. The Hall–Kier alpha value is -2.23. The summed E-state index contributed by atoms with van der Waals surface area (Å²) in [6.07, 6.45) is 0.736. The molecule has 0 heterocycles. The Morgan fingerprint density at radius 1 is 1.20 bits per heavy atom. The second-order valence-corrected chi connectivity index (χ2v) is 5.55. The van der Waals surface area contributed by atoms with Gasteiger partial charge in [0.05, 0.1) is 0 Å². The molecule has 0 aromatic heterocycles. The summed E-state index contributed by atoms with van der Waals surface area (Å²) < 4.78 is 5.07. The Morgan fingerprint density at radius 3 is 2.55 bits per heavy atom. The van der Waals surface area contributed by atoms with Crippen LogP contribution in [0.4, 0.5) is 4.79 Å². The van der Waals surface area contributed by atoms with Crippen LogP contribution in [0.15, 0.2) is 36.4 Å². The van der Waals surface area contributed by atoms with Crippen LogP contribution in [0.25, 0.3) is 10.8 Å². The second kappa shape index (κ2) is 5.41. The van der Waals surface area contributed by atoms with E-state index in [4.69, 9.17) is 10.5 Å². The lowest BCUT2D eigenvalue weighted by Gasteiger charge is -2.23. The maximum absolute atomic E-state index is 10.8. The maximum atomic E-state index is 10.8. The number of amides is 1. The van der Waals surface area contributed by atoms with Crippen LogP contribution in [0.3, 0.4) is 0 Å². The van der Waals surface area contributed by atoms with Crippen molar-refractivity contribution in [3.8, 4) is 5.75 Å². The highest BCUT2D eigenvalue weighted by molar-refractivity contribution is 5.84. The molecule has 0 radical (unpaired) electrons. The normalized spacial score (nSPS) is 11.5. The zero-order chi connectivity index (χ0) is 14.8. The summed E-state index contributed by atoms with van der Waals surface area (Å²) in [6.45, 7) is 3.69. The number of phenols is 1. The van der Waals surface area contributed by atoms with Gasteiger partial charge in [0.2, 0.25) is 0 Å². The molecule has 3 N–H and O–H groups in total. The first-order valence-electron chi connectivity index (χ1n) is 6.56.